The molecule has 26 heavy (non-hydrogen) atoms. The van der Waals surface area contributed by atoms with Crippen LogP contribution in [0, 0.1) is 0 Å². The SMILES string of the molecule is CCB1c2ccccc2C(C)(C)c2sc(C(C)C)c(-c3ccccc3)c21. The zero-order valence-corrected chi connectivity index (χ0v) is 17.3. The Morgan fingerprint density at radius 3 is 2.27 bits per heavy atom. The molecule has 0 bridgehead atoms. The van der Waals surface area contributed by atoms with E-state index in [1.807, 2.05) is 0 Å². The molecule has 0 amide bonds. The van der Waals surface area contributed by atoms with E-state index < -0.39 is 0 Å². The van der Waals surface area contributed by atoms with Crippen LogP contribution < -0.4 is 10.9 Å². The van der Waals surface area contributed by atoms with Crippen LogP contribution in [0.3, 0.4) is 0 Å². The summed E-state index contributed by atoms with van der Waals surface area (Å²) in [6, 6.07) is 20.1. The molecule has 2 heteroatoms. The fraction of sp³-hybridized carbons (Fsp3) is 0.333. The minimum Gasteiger partial charge on any atom is -0.144 e. The summed E-state index contributed by atoms with van der Waals surface area (Å²) in [5.74, 6) is 0.539. The second-order valence-corrected chi connectivity index (χ2v) is 9.33. The van der Waals surface area contributed by atoms with Crippen LogP contribution >= 0.6 is 11.3 Å². The van der Waals surface area contributed by atoms with Crippen molar-refractivity contribution in [2.24, 2.45) is 0 Å². The van der Waals surface area contributed by atoms with Crippen LogP contribution in [-0.4, -0.2) is 6.71 Å². The fourth-order valence-corrected chi connectivity index (χ4v) is 6.14. The van der Waals surface area contributed by atoms with Gasteiger partial charge in [-0.05, 0) is 22.6 Å². The van der Waals surface area contributed by atoms with Crippen LogP contribution in [0.4, 0.5) is 0 Å². The molecule has 0 nitrogen and oxygen atoms in total. The molecule has 2 heterocycles. The van der Waals surface area contributed by atoms with E-state index in [0.717, 1.165) is 6.32 Å². The number of rotatable bonds is 3. The van der Waals surface area contributed by atoms with Gasteiger partial charge in [0.05, 0.1) is 0 Å². The minimum atomic E-state index is 0.0684. The summed E-state index contributed by atoms with van der Waals surface area (Å²) < 4.78 is 0. The molecule has 0 fully saturated rings. The van der Waals surface area contributed by atoms with Crippen LogP contribution in [0.2, 0.25) is 6.32 Å². The predicted octanol–water partition coefficient (Wildman–Crippen LogP) is 5.81. The maximum atomic E-state index is 2.41. The van der Waals surface area contributed by atoms with Crippen molar-refractivity contribution in [1.29, 1.82) is 0 Å². The molecule has 1 aliphatic rings. The van der Waals surface area contributed by atoms with Gasteiger partial charge in [0.15, 0.2) is 0 Å². The Labute approximate surface area is 162 Å². The Morgan fingerprint density at radius 2 is 1.62 bits per heavy atom. The zero-order valence-electron chi connectivity index (χ0n) is 16.5. The topological polar surface area (TPSA) is 0 Å². The van der Waals surface area contributed by atoms with Gasteiger partial charge in [0.1, 0.15) is 0 Å². The Kier molecular flexibility index (Phi) is 4.35. The minimum absolute atomic E-state index is 0.0684. The first-order valence-electron chi connectivity index (χ1n) is 9.78. The van der Waals surface area contributed by atoms with Gasteiger partial charge in [-0.3, -0.25) is 0 Å². The number of hydrogen-bond acceptors (Lipinski definition) is 1. The van der Waals surface area contributed by atoms with Gasteiger partial charge in [-0.2, -0.15) is 0 Å². The Hall–Kier alpha value is -1.80. The first-order valence-corrected chi connectivity index (χ1v) is 10.6. The average Bonchev–Trinajstić information content (AvgIpc) is 3.05. The largest absolute Gasteiger partial charge is 0.211 e. The van der Waals surface area contributed by atoms with Gasteiger partial charge in [-0.25, -0.2) is 0 Å². The third kappa shape index (κ3) is 2.50. The maximum absolute atomic E-state index is 2.41. The Balaban J connectivity index is 2.08. The third-order valence-electron chi connectivity index (χ3n) is 5.89. The van der Waals surface area contributed by atoms with Gasteiger partial charge in [0.2, 0.25) is 6.71 Å². The molecular weight excluding hydrogens is 331 g/mol. The summed E-state index contributed by atoms with van der Waals surface area (Å²) in [6.45, 7) is 12.3. The second kappa shape index (κ2) is 6.42. The molecular formula is C24H27BS. The molecule has 0 unspecified atom stereocenters. The van der Waals surface area contributed by atoms with E-state index in [2.05, 4.69) is 101 Å². The monoisotopic (exact) mass is 358 g/mol. The first kappa shape index (κ1) is 17.6. The molecule has 4 rings (SSSR count). The normalized spacial score (nSPS) is 15.1. The van der Waals surface area contributed by atoms with Gasteiger partial charge in [0.25, 0.3) is 0 Å². The van der Waals surface area contributed by atoms with E-state index in [1.54, 1.807) is 15.2 Å². The number of fused-ring (bicyclic) bond motifs is 2. The van der Waals surface area contributed by atoms with Gasteiger partial charge >= 0.3 is 0 Å². The highest BCUT2D eigenvalue weighted by molar-refractivity contribution is 7.15. The van der Waals surface area contributed by atoms with Crippen LogP contribution in [-0.2, 0) is 5.41 Å². The van der Waals surface area contributed by atoms with Crippen molar-refractivity contribution >= 4 is 29.0 Å². The molecule has 0 aliphatic carbocycles. The van der Waals surface area contributed by atoms with E-state index in [4.69, 9.17) is 0 Å². The summed E-state index contributed by atoms with van der Waals surface area (Å²) in [5.41, 5.74) is 7.58. The summed E-state index contributed by atoms with van der Waals surface area (Å²) in [4.78, 5) is 3.12. The highest BCUT2D eigenvalue weighted by Gasteiger charge is 2.42. The molecule has 2 aromatic carbocycles. The van der Waals surface area contributed by atoms with Gasteiger partial charge in [-0.15, -0.1) is 11.3 Å². The van der Waals surface area contributed by atoms with Crippen LogP contribution in [0.25, 0.3) is 11.1 Å². The van der Waals surface area contributed by atoms with E-state index >= 15 is 0 Å². The van der Waals surface area contributed by atoms with Crippen LogP contribution in [0.15, 0.2) is 54.6 Å². The lowest BCUT2D eigenvalue weighted by Gasteiger charge is -2.36. The van der Waals surface area contributed by atoms with Crippen LogP contribution in [0.1, 0.15) is 55.9 Å². The van der Waals surface area contributed by atoms with Crippen molar-refractivity contribution in [3.8, 4) is 11.1 Å². The van der Waals surface area contributed by atoms with Gasteiger partial charge in [0, 0.05) is 15.2 Å². The van der Waals surface area contributed by atoms with Crippen LogP contribution in [0.5, 0.6) is 0 Å². The van der Waals surface area contributed by atoms with Crippen molar-refractivity contribution in [2.45, 2.75) is 52.3 Å². The predicted molar refractivity (Wildman–Crippen MR) is 118 cm³/mol. The number of benzene rings is 2. The van der Waals surface area contributed by atoms with E-state index in [-0.39, 0.29) is 5.41 Å². The van der Waals surface area contributed by atoms with Crippen molar-refractivity contribution in [3.05, 3.63) is 69.9 Å². The fourth-order valence-electron chi connectivity index (χ4n) is 4.64. The van der Waals surface area contributed by atoms with Crippen molar-refractivity contribution in [3.63, 3.8) is 0 Å². The van der Waals surface area contributed by atoms with E-state index in [9.17, 15) is 0 Å². The number of hydrogen-bond donors (Lipinski definition) is 0. The first-order chi connectivity index (χ1) is 12.5. The lowest BCUT2D eigenvalue weighted by atomic mass is 9.33. The van der Waals surface area contributed by atoms with Crippen molar-refractivity contribution in [1.82, 2.24) is 0 Å². The third-order valence-corrected chi connectivity index (χ3v) is 7.72. The second-order valence-electron chi connectivity index (χ2n) is 8.28. The smallest absolute Gasteiger partial charge is 0.144 e. The lowest BCUT2D eigenvalue weighted by Crippen LogP contribution is -2.53. The standard InChI is InChI=1S/C24H27BS/c1-6-25-19-15-11-10-14-18(19)24(4,5)23-21(25)20(22(26-23)16(2)3)17-12-8-7-9-13-17/h7-16H,6H2,1-5H3. The van der Waals surface area contributed by atoms with Gasteiger partial charge < -0.3 is 0 Å². The highest BCUT2D eigenvalue weighted by Crippen LogP contribution is 2.44. The molecule has 1 aliphatic heterocycles. The molecule has 0 N–H and O–H groups in total. The summed E-state index contributed by atoms with van der Waals surface area (Å²) in [5, 5.41) is 0. The van der Waals surface area contributed by atoms with Crippen molar-refractivity contribution in [2.75, 3.05) is 0 Å². The molecule has 0 saturated carbocycles. The molecule has 0 atom stereocenters. The number of thiophene rings is 1. The molecule has 3 aromatic rings. The molecule has 132 valence electrons. The average molecular weight is 358 g/mol. The Morgan fingerprint density at radius 1 is 0.962 bits per heavy atom. The van der Waals surface area contributed by atoms with E-state index in [0.29, 0.717) is 12.6 Å². The zero-order chi connectivity index (χ0) is 18.5. The van der Waals surface area contributed by atoms with E-state index in [1.165, 1.54) is 22.2 Å². The summed E-state index contributed by atoms with van der Waals surface area (Å²) >= 11 is 2.05. The van der Waals surface area contributed by atoms with Crippen molar-refractivity contribution < 1.29 is 0 Å². The Bertz CT molecular complexity index is 934. The summed E-state index contributed by atoms with van der Waals surface area (Å²) in [7, 11) is 0. The molecule has 0 radical (unpaired) electrons. The molecule has 0 saturated heterocycles. The molecule has 0 spiro atoms. The quantitative estimate of drug-likeness (QED) is 0.519. The summed E-state index contributed by atoms with van der Waals surface area (Å²) in [6.07, 6.45) is 1.15. The highest BCUT2D eigenvalue weighted by atomic mass is 32.1. The molecule has 1 aromatic heterocycles. The lowest BCUT2D eigenvalue weighted by molar-refractivity contribution is 0.660. The maximum Gasteiger partial charge on any atom is 0.211 e. The van der Waals surface area contributed by atoms with Gasteiger partial charge in [-0.1, -0.05) is 106 Å².